The zero-order valence-electron chi connectivity index (χ0n) is 21.3. The Hall–Kier alpha value is -1.27. The van der Waals surface area contributed by atoms with E-state index in [9.17, 15) is 9.59 Å². The Bertz CT molecular complexity index is 476. The topological polar surface area (TPSA) is 149 Å². The van der Waals surface area contributed by atoms with Gasteiger partial charge in [0, 0.05) is 66.3 Å². The minimum absolute atomic E-state index is 0.374. The summed E-state index contributed by atoms with van der Waals surface area (Å²) in [6, 6.07) is 0.826. The number of carbonyl (C=O) groups is 2. The third-order valence-electron chi connectivity index (χ3n) is 4.19. The molecule has 3 amide bonds. The normalized spacial score (nSPS) is 11.4. The summed E-state index contributed by atoms with van der Waals surface area (Å²) in [5.41, 5.74) is 4.99. The second kappa shape index (κ2) is 21.3. The van der Waals surface area contributed by atoms with Crippen LogP contribution in [-0.2, 0) is 31.3 Å². The van der Waals surface area contributed by atoms with Crippen LogP contribution in [0.2, 0.25) is 12.1 Å². The number of rotatable bonds is 18. The molecular formula is C19H45N3O9Si2. The van der Waals surface area contributed by atoms with E-state index in [4.69, 9.17) is 37.0 Å². The minimum atomic E-state index is -2.56. The number of carbonyl (C=O) groups excluding carboxylic acids is 2. The molecule has 33 heavy (non-hydrogen) atoms. The molecule has 0 aromatic heterocycles. The van der Waals surface area contributed by atoms with E-state index in [0.29, 0.717) is 51.6 Å². The number of alkyl carbamates (subject to hydrolysis) is 1. The first-order chi connectivity index (χ1) is 15.7. The maximum atomic E-state index is 11.0. The Labute approximate surface area is 200 Å². The zero-order valence-corrected chi connectivity index (χ0v) is 23.3. The quantitative estimate of drug-likeness (QED) is 0.184. The predicted octanol–water partition coefficient (Wildman–Crippen LogP) is 2.09. The van der Waals surface area contributed by atoms with E-state index in [-0.39, 0.29) is 0 Å². The summed E-state index contributed by atoms with van der Waals surface area (Å²) < 4.78 is 37.4. The summed E-state index contributed by atoms with van der Waals surface area (Å²) in [6.45, 7) is 10.6. The smallest absolute Gasteiger partial charge is 0.450 e. The molecule has 0 aliphatic carbocycles. The average molecular weight is 516 g/mol. The van der Waals surface area contributed by atoms with Crippen molar-refractivity contribution in [1.29, 1.82) is 0 Å². The summed E-state index contributed by atoms with van der Waals surface area (Å²) >= 11 is 0. The lowest BCUT2D eigenvalue weighted by atomic mass is 10.5. The lowest BCUT2D eigenvalue weighted by Crippen LogP contribution is -2.46. The lowest BCUT2D eigenvalue weighted by Gasteiger charge is -2.28. The van der Waals surface area contributed by atoms with Gasteiger partial charge in [-0.1, -0.05) is 0 Å². The molecule has 198 valence electrons. The predicted molar refractivity (Wildman–Crippen MR) is 129 cm³/mol. The van der Waals surface area contributed by atoms with Gasteiger partial charge in [-0.15, -0.1) is 0 Å². The Morgan fingerprint density at radius 1 is 0.697 bits per heavy atom. The van der Waals surface area contributed by atoms with Gasteiger partial charge in [0.2, 0.25) is 0 Å². The molecule has 4 N–H and O–H groups in total. The first-order valence-electron chi connectivity index (χ1n) is 11.2. The monoisotopic (exact) mass is 515 g/mol. The molecule has 0 saturated carbocycles. The molecule has 0 aliphatic heterocycles. The van der Waals surface area contributed by atoms with Gasteiger partial charge in [-0.25, -0.2) is 9.59 Å². The molecule has 0 fully saturated rings. The number of nitrogens with one attached hydrogen (secondary N) is 2. The third-order valence-corrected chi connectivity index (χ3v) is 10.2. The fourth-order valence-corrected chi connectivity index (χ4v) is 7.09. The number of amides is 3. The molecule has 12 nitrogen and oxygen atoms in total. The van der Waals surface area contributed by atoms with Crippen LogP contribution in [0.5, 0.6) is 0 Å². The molecule has 0 heterocycles. The van der Waals surface area contributed by atoms with Crippen molar-refractivity contribution in [2.45, 2.75) is 52.6 Å². The molecule has 0 aromatic rings. The first kappa shape index (κ1) is 33.9. The molecule has 0 atom stereocenters. The molecule has 0 rings (SSSR count). The van der Waals surface area contributed by atoms with Gasteiger partial charge in [0.05, 0.1) is 6.61 Å². The van der Waals surface area contributed by atoms with Gasteiger partial charge >= 0.3 is 29.7 Å². The highest BCUT2D eigenvalue weighted by Crippen LogP contribution is 2.17. The maximum absolute atomic E-state index is 11.0. The van der Waals surface area contributed by atoms with Crippen LogP contribution in [0.25, 0.3) is 0 Å². The fourth-order valence-electron chi connectivity index (χ4n) is 2.75. The Kier molecular flexibility index (Phi) is 21.9. The van der Waals surface area contributed by atoms with Gasteiger partial charge in [0.15, 0.2) is 0 Å². The molecule has 0 saturated heterocycles. The van der Waals surface area contributed by atoms with Crippen molar-refractivity contribution in [2.24, 2.45) is 5.73 Å². The van der Waals surface area contributed by atoms with Crippen LogP contribution in [0.3, 0.4) is 0 Å². The summed E-state index contributed by atoms with van der Waals surface area (Å²) in [5, 5.41) is 5.16. The third kappa shape index (κ3) is 16.9. The minimum Gasteiger partial charge on any atom is -0.450 e. The van der Waals surface area contributed by atoms with E-state index in [2.05, 4.69) is 10.6 Å². The lowest BCUT2D eigenvalue weighted by molar-refractivity contribution is 0.0708. The SMILES string of the molecule is CCOC(=O)NCCC[Si](OC)(OC)OC.CCO[Si](CCCNC(N)=O)(OCC)OCC. The van der Waals surface area contributed by atoms with Gasteiger partial charge in [-0.3, -0.25) is 0 Å². The van der Waals surface area contributed by atoms with Crippen molar-refractivity contribution in [2.75, 3.05) is 60.8 Å². The van der Waals surface area contributed by atoms with Crippen molar-refractivity contribution in [1.82, 2.24) is 10.6 Å². The van der Waals surface area contributed by atoms with Crippen molar-refractivity contribution >= 4 is 29.7 Å². The van der Waals surface area contributed by atoms with E-state index < -0.39 is 29.7 Å². The van der Waals surface area contributed by atoms with E-state index in [1.807, 2.05) is 20.8 Å². The zero-order chi connectivity index (χ0) is 25.6. The number of nitrogens with two attached hydrogens (primary N) is 1. The van der Waals surface area contributed by atoms with Gasteiger partial charge in [0.1, 0.15) is 0 Å². The van der Waals surface area contributed by atoms with Crippen molar-refractivity contribution < 1.29 is 40.9 Å². The highest BCUT2D eigenvalue weighted by atomic mass is 28.4. The van der Waals surface area contributed by atoms with E-state index in [1.165, 1.54) is 0 Å². The molecule has 0 radical (unpaired) electrons. The molecular weight excluding hydrogens is 470 g/mol. The highest BCUT2D eigenvalue weighted by Gasteiger charge is 2.39. The molecule has 0 bridgehead atoms. The van der Waals surface area contributed by atoms with Gasteiger partial charge in [0.25, 0.3) is 0 Å². The largest absolute Gasteiger partial charge is 0.500 e. The maximum Gasteiger partial charge on any atom is 0.500 e. The fraction of sp³-hybridized carbons (Fsp3) is 0.895. The first-order valence-corrected chi connectivity index (χ1v) is 15.1. The van der Waals surface area contributed by atoms with Crippen LogP contribution in [0.1, 0.15) is 40.5 Å². The van der Waals surface area contributed by atoms with Crippen LogP contribution in [0.4, 0.5) is 9.59 Å². The number of ether oxygens (including phenoxy) is 1. The van der Waals surface area contributed by atoms with E-state index >= 15 is 0 Å². The summed E-state index contributed by atoms with van der Waals surface area (Å²) in [6.07, 6.45) is 1.05. The summed E-state index contributed by atoms with van der Waals surface area (Å²) in [4.78, 5) is 21.5. The van der Waals surface area contributed by atoms with E-state index in [1.54, 1.807) is 28.3 Å². The number of urea groups is 1. The Balaban J connectivity index is 0. The molecule has 0 unspecified atom stereocenters. The summed E-state index contributed by atoms with van der Waals surface area (Å²) in [5.74, 6) is 0. The molecule has 0 aliphatic rings. The van der Waals surface area contributed by atoms with Crippen LogP contribution in [0, 0.1) is 0 Å². The van der Waals surface area contributed by atoms with Crippen molar-refractivity contribution in [3.8, 4) is 0 Å². The van der Waals surface area contributed by atoms with Crippen LogP contribution < -0.4 is 16.4 Å². The van der Waals surface area contributed by atoms with Crippen molar-refractivity contribution in [3.63, 3.8) is 0 Å². The van der Waals surface area contributed by atoms with Gasteiger partial charge < -0.3 is 47.7 Å². The van der Waals surface area contributed by atoms with Crippen LogP contribution in [-0.4, -0.2) is 90.6 Å². The van der Waals surface area contributed by atoms with E-state index in [0.717, 1.165) is 12.8 Å². The van der Waals surface area contributed by atoms with Gasteiger partial charge in [-0.2, -0.15) is 0 Å². The Morgan fingerprint density at radius 2 is 1.12 bits per heavy atom. The van der Waals surface area contributed by atoms with Crippen LogP contribution in [0.15, 0.2) is 0 Å². The summed E-state index contributed by atoms with van der Waals surface area (Å²) in [7, 11) is -0.357. The second-order valence-corrected chi connectivity index (χ2v) is 12.2. The molecule has 0 spiro atoms. The van der Waals surface area contributed by atoms with Crippen LogP contribution >= 0.6 is 0 Å². The second-order valence-electron chi connectivity index (χ2n) is 6.42. The Morgan fingerprint density at radius 3 is 1.48 bits per heavy atom. The van der Waals surface area contributed by atoms with Gasteiger partial charge in [-0.05, 0) is 40.5 Å². The van der Waals surface area contributed by atoms with Crippen molar-refractivity contribution in [3.05, 3.63) is 0 Å². The average Bonchev–Trinajstić information content (AvgIpc) is 2.78. The standard InChI is InChI=1S/C10H24N2O4Si.C9H21NO5Si/c1-4-14-17(15-5-2,16-6-3)9-7-8-12-10(11)13;1-5-15-9(11)10-7-6-8-16(12-2,13-3)14-4/h4-9H2,1-3H3,(H3,11,12,13);5-8H2,1-4H3,(H,10,11). The number of hydrogen-bond acceptors (Lipinski definition) is 9. The number of hydrogen-bond donors (Lipinski definition) is 3. The molecule has 0 aromatic carbocycles. The highest BCUT2D eigenvalue weighted by molar-refractivity contribution is 6.61. The molecule has 14 heteroatoms. The number of primary amides is 1.